The van der Waals surface area contributed by atoms with Gasteiger partial charge < -0.3 is 4.90 Å². The third kappa shape index (κ3) is 4.89. The summed E-state index contributed by atoms with van der Waals surface area (Å²) in [4.78, 5) is 18.2. The maximum absolute atomic E-state index is 13.5. The van der Waals surface area contributed by atoms with Crippen molar-refractivity contribution in [3.05, 3.63) is 70.3 Å². The van der Waals surface area contributed by atoms with Crippen LogP contribution < -0.4 is 0 Å². The third-order valence-electron chi connectivity index (χ3n) is 6.58. The van der Waals surface area contributed by atoms with Crippen molar-refractivity contribution in [1.29, 1.82) is 0 Å². The van der Waals surface area contributed by atoms with Crippen LogP contribution in [0.3, 0.4) is 0 Å². The number of hydrogen-bond donors (Lipinski definition) is 0. The normalized spacial score (nSPS) is 20.2. The molecule has 2 heterocycles. The average Bonchev–Trinajstić information content (AvgIpc) is 3.21. The van der Waals surface area contributed by atoms with Gasteiger partial charge in [-0.3, -0.25) is 9.69 Å². The molecule has 0 spiro atoms. The SMILES string of the molecule is CCN1CCN(CC(=O)N2N=C(c3cccc(C)c3)CC2c2cc(C)ccc2C)CC1. The quantitative estimate of drug-likeness (QED) is 0.739. The Bertz CT molecular complexity index is 975. The molecule has 5 heteroatoms. The van der Waals surface area contributed by atoms with E-state index in [1.807, 2.05) is 0 Å². The largest absolute Gasteiger partial charge is 0.301 e. The van der Waals surface area contributed by atoms with Crippen molar-refractivity contribution < 1.29 is 4.79 Å². The molecule has 0 N–H and O–H groups in total. The monoisotopic (exact) mass is 418 g/mol. The minimum atomic E-state index is -0.0418. The van der Waals surface area contributed by atoms with Crippen LogP contribution in [0.15, 0.2) is 47.6 Å². The molecular formula is C26H34N4O. The molecule has 31 heavy (non-hydrogen) atoms. The number of hydrazone groups is 1. The number of amides is 1. The minimum Gasteiger partial charge on any atom is -0.301 e. The molecule has 1 atom stereocenters. The number of rotatable bonds is 5. The van der Waals surface area contributed by atoms with Crippen molar-refractivity contribution in [1.82, 2.24) is 14.8 Å². The Hall–Kier alpha value is -2.50. The van der Waals surface area contributed by atoms with E-state index in [2.05, 4.69) is 80.0 Å². The topological polar surface area (TPSA) is 39.1 Å². The smallest absolute Gasteiger partial charge is 0.257 e. The number of carbonyl (C=O) groups is 1. The first-order valence-corrected chi connectivity index (χ1v) is 11.4. The lowest BCUT2D eigenvalue weighted by Crippen LogP contribution is -2.49. The Morgan fingerprint density at radius 3 is 2.39 bits per heavy atom. The van der Waals surface area contributed by atoms with Gasteiger partial charge in [-0.05, 0) is 44.0 Å². The van der Waals surface area contributed by atoms with Crippen LogP contribution >= 0.6 is 0 Å². The predicted octanol–water partition coefficient (Wildman–Crippen LogP) is 3.93. The van der Waals surface area contributed by atoms with Gasteiger partial charge in [-0.25, -0.2) is 5.01 Å². The molecular weight excluding hydrogens is 384 g/mol. The second-order valence-corrected chi connectivity index (χ2v) is 8.94. The molecule has 1 fully saturated rings. The van der Waals surface area contributed by atoms with Gasteiger partial charge in [0.15, 0.2) is 0 Å². The van der Waals surface area contributed by atoms with Crippen molar-refractivity contribution in [3.8, 4) is 0 Å². The average molecular weight is 419 g/mol. The summed E-state index contributed by atoms with van der Waals surface area (Å²) >= 11 is 0. The predicted molar refractivity (Wildman–Crippen MR) is 126 cm³/mol. The van der Waals surface area contributed by atoms with Crippen LogP contribution in [-0.4, -0.2) is 65.7 Å². The molecule has 0 aliphatic carbocycles. The van der Waals surface area contributed by atoms with Crippen molar-refractivity contribution in [2.45, 2.75) is 40.2 Å². The van der Waals surface area contributed by atoms with E-state index >= 15 is 0 Å². The van der Waals surface area contributed by atoms with Crippen molar-refractivity contribution >= 4 is 11.6 Å². The third-order valence-corrected chi connectivity index (χ3v) is 6.58. The Balaban J connectivity index is 1.60. The molecule has 2 aliphatic rings. The summed E-state index contributed by atoms with van der Waals surface area (Å²) in [5.41, 5.74) is 6.96. The van der Waals surface area contributed by atoms with E-state index in [9.17, 15) is 4.79 Å². The highest BCUT2D eigenvalue weighted by Gasteiger charge is 2.34. The molecule has 1 unspecified atom stereocenters. The number of hydrogen-bond acceptors (Lipinski definition) is 4. The number of benzene rings is 2. The number of likely N-dealkylation sites (N-methyl/N-ethyl adjacent to an activating group) is 1. The first-order valence-electron chi connectivity index (χ1n) is 11.4. The van der Waals surface area contributed by atoms with Gasteiger partial charge in [0.2, 0.25) is 0 Å². The van der Waals surface area contributed by atoms with E-state index in [1.165, 1.54) is 22.3 Å². The summed E-state index contributed by atoms with van der Waals surface area (Å²) in [5, 5.41) is 6.66. The van der Waals surface area contributed by atoms with Gasteiger partial charge in [-0.15, -0.1) is 0 Å². The number of nitrogens with zero attached hydrogens (tertiary/aromatic N) is 4. The summed E-state index contributed by atoms with van der Waals surface area (Å²) in [7, 11) is 0. The van der Waals surface area contributed by atoms with Crippen LogP contribution in [0.2, 0.25) is 0 Å². The van der Waals surface area contributed by atoms with Gasteiger partial charge in [0.05, 0.1) is 18.3 Å². The minimum absolute atomic E-state index is 0.0418. The van der Waals surface area contributed by atoms with Crippen molar-refractivity contribution in [3.63, 3.8) is 0 Å². The second kappa shape index (κ2) is 9.33. The van der Waals surface area contributed by atoms with Crippen LogP contribution in [0.25, 0.3) is 0 Å². The first-order chi connectivity index (χ1) is 14.9. The summed E-state index contributed by atoms with van der Waals surface area (Å²) in [6, 6.07) is 14.9. The zero-order valence-electron chi connectivity index (χ0n) is 19.3. The highest BCUT2D eigenvalue weighted by molar-refractivity contribution is 6.03. The van der Waals surface area contributed by atoms with Crippen LogP contribution in [0.4, 0.5) is 0 Å². The molecule has 1 amide bonds. The van der Waals surface area contributed by atoms with Gasteiger partial charge in [0, 0.05) is 32.6 Å². The van der Waals surface area contributed by atoms with E-state index in [4.69, 9.17) is 5.10 Å². The first kappa shape index (κ1) is 21.7. The summed E-state index contributed by atoms with van der Waals surface area (Å²) < 4.78 is 0. The number of aryl methyl sites for hydroxylation is 3. The number of carbonyl (C=O) groups excluding carboxylic acids is 1. The van der Waals surface area contributed by atoms with Crippen LogP contribution in [-0.2, 0) is 4.79 Å². The molecule has 1 saturated heterocycles. The van der Waals surface area contributed by atoms with E-state index in [1.54, 1.807) is 5.01 Å². The van der Waals surface area contributed by atoms with Gasteiger partial charge in [0.1, 0.15) is 0 Å². The number of piperazine rings is 1. The Morgan fingerprint density at radius 2 is 1.68 bits per heavy atom. The maximum atomic E-state index is 13.5. The van der Waals surface area contributed by atoms with E-state index in [-0.39, 0.29) is 11.9 Å². The van der Waals surface area contributed by atoms with Crippen molar-refractivity contribution in [2.24, 2.45) is 5.10 Å². The van der Waals surface area contributed by atoms with E-state index in [0.29, 0.717) is 6.54 Å². The fourth-order valence-corrected chi connectivity index (χ4v) is 4.63. The molecule has 2 aromatic rings. The van der Waals surface area contributed by atoms with Crippen molar-refractivity contribution in [2.75, 3.05) is 39.3 Å². The molecule has 2 aliphatic heterocycles. The zero-order chi connectivity index (χ0) is 22.0. The van der Waals surface area contributed by atoms with Gasteiger partial charge in [-0.2, -0.15) is 5.10 Å². The maximum Gasteiger partial charge on any atom is 0.257 e. The molecule has 0 aromatic heterocycles. The van der Waals surface area contributed by atoms with E-state index in [0.717, 1.165) is 50.4 Å². The highest BCUT2D eigenvalue weighted by Crippen LogP contribution is 2.35. The lowest BCUT2D eigenvalue weighted by atomic mass is 9.93. The van der Waals surface area contributed by atoms with E-state index < -0.39 is 0 Å². The standard InChI is InChI=1S/C26H34N4O/c1-5-28-11-13-29(14-12-28)18-26(31)30-25(23-16-20(3)9-10-21(23)4)17-24(27-30)22-8-6-7-19(2)15-22/h6-10,15-16,25H,5,11-14,17-18H2,1-4H3. The second-order valence-electron chi connectivity index (χ2n) is 8.94. The molecule has 0 saturated carbocycles. The Kier molecular flexibility index (Phi) is 6.54. The van der Waals surface area contributed by atoms with Gasteiger partial charge in [-0.1, -0.05) is 60.5 Å². The summed E-state index contributed by atoms with van der Waals surface area (Å²) in [6.07, 6.45) is 0.753. The summed E-state index contributed by atoms with van der Waals surface area (Å²) in [5.74, 6) is 0.0958. The van der Waals surface area contributed by atoms with Crippen LogP contribution in [0, 0.1) is 20.8 Å². The zero-order valence-corrected chi connectivity index (χ0v) is 19.3. The van der Waals surface area contributed by atoms with Crippen LogP contribution in [0.5, 0.6) is 0 Å². The van der Waals surface area contributed by atoms with Crippen LogP contribution in [0.1, 0.15) is 47.2 Å². The molecule has 2 aromatic carbocycles. The lowest BCUT2D eigenvalue weighted by molar-refractivity contribution is -0.134. The Labute approximate surface area is 186 Å². The van der Waals surface area contributed by atoms with Gasteiger partial charge >= 0.3 is 0 Å². The molecule has 0 radical (unpaired) electrons. The molecule has 0 bridgehead atoms. The van der Waals surface area contributed by atoms with Gasteiger partial charge in [0.25, 0.3) is 5.91 Å². The molecule has 5 nitrogen and oxygen atoms in total. The highest BCUT2D eigenvalue weighted by atomic mass is 16.2. The molecule has 164 valence electrons. The molecule has 4 rings (SSSR count). The summed E-state index contributed by atoms with van der Waals surface area (Å²) in [6.45, 7) is 14.0. The lowest BCUT2D eigenvalue weighted by Gasteiger charge is -2.34. The fraction of sp³-hybridized carbons (Fsp3) is 0.462. The Morgan fingerprint density at radius 1 is 0.968 bits per heavy atom. The fourth-order valence-electron chi connectivity index (χ4n) is 4.63.